The molecule has 0 aliphatic carbocycles. The Morgan fingerprint density at radius 2 is 2.06 bits per heavy atom. The lowest BCUT2D eigenvalue weighted by Crippen LogP contribution is -2.46. The molecule has 1 aliphatic rings. The highest BCUT2D eigenvalue weighted by molar-refractivity contribution is 5.98. The molecule has 0 bridgehead atoms. The summed E-state index contributed by atoms with van der Waals surface area (Å²) in [6.45, 7) is 0.393. The van der Waals surface area contributed by atoms with Gasteiger partial charge in [0.25, 0.3) is 11.5 Å². The smallest absolute Gasteiger partial charge is 0.322 e. The van der Waals surface area contributed by atoms with Crippen LogP contribution in [-0.4, -0.2) is 47.9 Å². The van der Waals surface area contributed by atoms with Gasteiger partial charge in [-0.1, -0.05) is 36.1 Å². The van der Waals surface area contributed by atoms with Gasteiger partial charge in [-0.3, -0.25) is 19.7 Å². The third kappa shape index (κ3) is 4.70. The molecule has 9 nitrogen and oxygen atoms in total. The summed E-state index contributed by atoms with van der Waals surface area (Å²) in [7, 11) is 1.52. The maximum Gasteiger partial charge on any atom is 0.322 e. The van der Waals surface area contributed by atoms with E-state index in [0.29, 0.717) is 23.4 Å². The van der Waals surface area contributed by atoms with Gasteiger partial charge in [0.05, 0.1) is 19.2 Å². The summed E-state index contributed by atoms with van der Waals surface area (Å²) in [6.07, 6.45) is 0.247. The molecule has 0 saturated carbocycles. The maximum absolute atomic E-state index is 12.9. The van der Waals surface area contributed by atoms with Gasteiger partial charge < -0.3 is 19.9 Å². The van der Waals surface area contributed by atoms with Crippen LogP contribution in [0.1, 0.15) is 21.5 Å². The van der Waals surface area contributed by atoms with Crippen molar-refractivity contribution in [3.8, 4) is 17.6 Å². The number of imide groups is 1. The van der Waals surface area contributed by atoms with Crippen molar-refractivity contribution < 1.29 is 19.1 Å². The summed E-state index contributed by atoms with van der Waals surface area (Å²) in [4.78, 5) is 52.1. The van der Waals surface area contributed by atoms with Crippen molar-refractivity contribution in [2.45, 2.75) is 12.6 Å². The van der Waals surface area contributed by atoms with Gasteiger partial charge in [-0.15, -0.1) is 0 Å². The predicted octanol–water partition coefficient (Wildman–Crippen LogP) is 1.37. The Morgan fingerprint density at radius 3 is 2.85 bits per heavy atom. The number of pyridine rings is 1. The molecule has 0 saturated heterocycles. The second kappa shape index (κ2) is 9.28. The van der Waals surface area contributed by atoms with Crippen molar-refractivity contribution in [2.24, 2.45) is 0 Å². The number of ether oxygens (including phenoxy) is 1. The Balaban J connectivity index is 1.60. The van der Waals surface area contributed by atoms with Crippen LogP contribution in [-0.2, 0) is 11.3 Å². The van der Waals surface area contributed by atoms with Crippen LogP contribution in [0.4, 0.5) is 4.79 Å². The molecule has 0 radical (unpaired) electrons. The molecule has 4 amide bonds. The molecular formula is C24H20N4O5. The number of H-pyrrole nitrogens is 1. The quantitative estimate of drug-likeness (QED) is 0.406. The molecule has 1 aromatic heterocycles. The van der Waals surface area contributed by atoms with Gasteiger partial charge in [-0.25, -0.2) is 4.79 Å². The van der Waals surface area contributed by atoms with E-state index in [1.54, 1.807) is 24.3 Å². The number of urea groups is 1. The summed E-state index contributed by atoms with van der Waals surface area (Å²) in [5.41, 5.74) is 1.88. The molecule has 3 aromatic rings. The standard InChI is InChI=1S/C24H20N4O5/c1-33-19-9-7-17-12-28(23(31)20(17)11-19)13-18(26-24(32)25-14-29)8-6-16-10-15-4-2-3-5-21(15)27-22(16)30/h2-5,7,9-11,14,18H,12-13H2,1H3,(H,27,30)(H2,25,26,29,32)/t18-/m1/s1. The van der Waals surface area contributed by atoms with Crippen LogP contribution in [0.25, 0.3) is 10.9 Å². The molecule has 33 heavy (non-hydrogen) atoms. The number of amides is 4. The van der Waals surface area contributed by atoms with Crippen molar-refractivity contribution in [1.29, 1.82) is 0 Å². The number of para-hydroxylation sites is 1. The van der Waals surface area contributed by atoms with E-state index in [9.17, 15) is 19.2 Å². The van der Waals surface area contributed by atoms with Crippen LogP contribution >= 0.6 is 0 Å². The van der Waals surface area contributed by atoms with E-state index in [0.717, 1.165) is 10.9 Å². The minimum absolute atomic E-state index is 0.0561. The third-order valence-electron chi connectivity index (χ3n) is 5.23. The summed E-state index contributed by atoms with van der Waals surface area (Å²) < 4.78 is 5.19. The molecule has 2 aromatic carbocycles. The molecule has 0 unspecified atom stereocenters. The Bertz CT molecular complexity index is 1370. The molecule has 4 rings (SSSR count). The first kappa shape index (κ1) is 21.6. The van der Waals surface area contributed by atoms with Crippen LogP contribution in [0.3, 0.4) is 0 Å². The number of carbonyl (C=O) groups is 3. The first-order valence-corrected chi connectivity index (χ1v) is 10.1. The van der Waals surface area contributed by atoms with Gasteiger partial charge in [0.1, 0.15) is 11.8 Å². The molecule has 0 fully saturated rings. The highest BCUT2D eigenvalue weighted by Gasteiger charge is 2.29. The number of nitrogens with one attached hydrogen (secondary N) is 3. The van der Waals surface area contributed by atoms with Gasteiger partial charge in [0, 0.05) is 17.6 Å². The van der Waals surface area contributed by atoms with Gasteiger partial charge in [0.2, 0.25) is 6.41 Å². The average Bonchev–Trinajstić information content (AvgIpc) is 3.12. The number of rotatable bonds is 5. The summed E-state index contributed by atoms with van der Waals surface area (Å²) in [5.74, 6) is 5.99. The lowest BCUT2D eigenvalue weighted by Gasteiger charge is -2.21. The molecular weight excluding hydrogens is 424 g/mol. The largest absolute Gasteiger partial charge is 0.497 e. The second-order valence-electron chi connectivity index (χ2n) is 7.37. The van der Waals surface area contributed by atoms with Crippen LogP contribution < -0.4 is 20.9 Å². The van der Waals surface area contributed by atoms with Crippen molar-refractivity contribution in [1.82, 2.24) is 20.5 Å². The summed E-state index contributed by atoms with van der Waals surface area (Å²) in [6, 6.07) is 12.6. The minimum Gasteiger partial charge on any atom is -0.497 e. The zero-order chi connectivity index (χ0) is 23.4. The lowest BCUT2D eigenvalue weighted by atomic mass is 10.1. The fourth-order valence-corrected chi connectivity index (χ4v) is 3.62. The van der Waals surface area contributed by atoms with E-state index in [-0.39, 0.29) is 30.0 Å². The molecule has 3 N–H and O–H groups in total. The van der Waals surface area contributed by atoms with Crippen molar-refractivity contribution in [3.05, 3.63) is 75.6 Å². The first-order valence-electron chi connectivity index (χ1n) is 10.1. The SMILES string of the molecule is COc1ccc2c(c1)C(=O)N(C[C@@H](C#Cc1cc3ccccc3[nH]c1=O)NC(=O)NC=O)C2. The minimum atomic E-state index is -0.837. The maximum atomic E-state index is 12.9. The van der Waals surface area contributed by atoms with Crippen LogP contribution in [0.5, 0.6) is 5.75 Å². The molecule has 1 aliphatic heterocycles. The number of aromatic amines is 1. The highest BCUT2D eigenvalue weighted by atomic mass is 16.5. The van der Waals surface area contributed by atoms with E-state index >= 15 is 0 Å². The molecule has 0 spiro atoms. The van der Waals surface area contributed by atoms with Crippen LogP contribution in [0, 0.1) is 11.8 Å². The Labute approximate surface area is 188 Å². The topological polar surface area (TPSA) is 121 Å². The summed E-state index contributed by atoms with van der Waals surface area (Å²) >= 11 is 0. The first-order chi connectivity index (χ1) is 16.0. The lowest BCUT2D eigenvalue weighted by molar-refractivity contribution is -0.108. The van der Waals surface area contributed by atoms with E-state index in [1.165, 1.54) is 12.0 Å². The highest BCUT2D eigenvalue weighted by Crippen LogP contribution is 2.26. The number of hydrogen-bond donors (Lipinski definition) is 3. The number of hydrogen-bond acceptors (Lipinski definition) is 5. The molecule has 9 heteroatoms. The number of nitrogens with zero attached hydrogens (tertiary/aromatic N) is 1. The van der Waals surface area contributed by atoms with Crippen LogP contribution in [0.2, 0.25) is 0 Å². The van der Waals surface area contributed by atoms with E-state index in [1.807, 2.05) is 29.6 Å². The monoisotopic (exact) mass is 444 g/mol. The number of aromatic nitrogens is 1. The van der Waals surface area contributed by atoms with E-state index in [4.69, 9.17) is 4.74 Å². The number of benzene rings is 2. The molecule has 1 atom stereocenters. The second-order valence-corrected chi connectivity index (χ2v) is 7.37. The Kier molecular flexibility index (Phi) is 6.09. The Morgan fingerprint density at radius 1 is 1.24 bits per heavy atom. The number of fused-ring (bicyclic) bond motifs is 2. The van der Waals surface area contributed by atoms with Gasteiger partial charge in [-0.05, 0) is 35.2 Å². The fraction of sp³-hybridized carbons (Fsp3) is 0.167. The predicted molar refractivity (Wildman–Crippen MR) is 121 cm³/mol. The fourth-order valence-electron chi connectivity index (χ4n) is 3.62. The molecule has 166 valence electrons. The molecule has 2 heterocycles. The van der Waals surface area contributed by atoms with Crippen molar-refractivity contribution in [2.75, 3.05) is 13.7 Å². The van der Waals surface area contributed by atoms with Crippen molar-refractivity contribution in [3.63, 3.8) is 0 Å². The normalized spacial score (nSPS) is 13.0. The summed E-state index contributed by atoms with van der Waals surface area (Å²) in [5, 5.41) is 5.36. The zero-order valence-electron chi connectivity index (χ0n) is 17.7. The Hall–Kier alpha value is -4.58. The third-order valence-corrected chi connectivity index (χ3v) is 5.23. The van der Waals surface area contributed by atoms with E-state index in [2.05, 4.69) is 22.1 Å². The number of methoxy groups -OCH3 is 1. The van der Waals surface area contributed by atoms with Gasteiger partial charge in [-0.2, -0.15) is 0 Å². The van der Waals surface area contributed by atoms with Crippen LogP contribution in [0.15, 0.2) is 53.3 Å². The van der Waals surface area contributed by atoms with Gasteiger partial charge >= 0.3 is 6.03 Å². The van der Waals surface area contributed by atoms with Crippen molar-refractivity contribution >= 4 is 29.3 Å². The average molecular weight is 444 g/mol. The van der Waals surface area contributed by atoms with E-state index < -0.39 is 12.1 Å². The van der Waals surface area contributed by atoms with Gasteiger partial charge in [0.15, 0.2) is 0 Å². The zero-order valence-corrected chi connectivity index (χ0v) is 17.7. The number of carbonyl (C=O) groups excluding carboxylic acids is 3.